The van der Waals surface area contributed by atoms with E-state index in [0.29, 0.717) is 23.0 Å². The summed E-state index contributed by atoms with van der Waals surface area (Å²) in [6.45, 7) is 6.03. The molecule has 2 fully saturated rings. The summed E-state index contributed by atoms with van der Waals surface area (Å²) in [4.78, 5) is 49.1. The van der Waals surface area contributed by atoms with Gasteiger partial charge in [-0.2, -0.15) is 0 Å². The van der Waals surface area contributed by atoms with Gasteiger partial charge in [-0.3, -0.25) is 9.59 Å². The zero-order valence-electron chi connectivity index (χ0n) is 28.1. The van der Waals surface area contributed by atoms with Gasteiger partial charge in [-0.1, -0.05) is 48.5 Å². The van der Waals surface area contributed by atoms with Crippen LogP contribution >= 0.6 is 0 Å². The van der Waals surface area contributed by atoms with Gasteiger partial charge in [-0.05, 0) is 108 Å². The Morgan fingerprint density at radius 1 is 0.596 bits per heavy atom. The van der Waals surface area contributed by atoms with E-state index in [2.05, 4.69) is 10.6 Å². The number of ketones is 2. The molecule has 0 atom stereocenters. The maximum Gasteiger partial charge on any atom is 0.407 e. The molecule has 10 heteroatoms. The molecule has 2 saturated carbocycles. The van der Waals surface area contributed by atoms with Gasteiger partial charge in [-0.25, -0.2) is 9.59 Å². The van der Waals surface area contributed by atoms with E-state index in [9.17, 15) is 29.4 Å². The molecule has 10 nitrogen and oxygen atoms in total. The summed E-state index contributed by atoms with van der Waals surface area (Å²) in [5.74, 6) is 0.557. The van der Waals surface area contributed by atoms with E-state index in [1.807, 2.05) is 0 Å². The Balaban J connectivity index is 1.07. The van der Waals surface area contributed by atoms with Crippen LogP contribution in [0.2, 0.25) is 0 Å². The molecule has 2 amide bonds. The molecule has 4 rings (SSSR count). The molecule has 4 N–H and O–H groups in total. The zero-order valence-corrected chi connectivity index (χ0v) is 28.1. The van der Waals surface area contributed by atoms with Crippen LogP contribution in [0.4, 0.5) is 9.59 Å². The van der Waals surface area contributed by atoms with Gasteiger partial charge in [0.25, 0.3) is 0 Å². The average Bonchev–Trinajstić information content (AvgIpc) is 3.03. The summed E-state index contributed by atoms with van der Waals surface area (Å²) >= 11 is 0. The highest BCUT2D eigenvalue weighted by molar-refractivity contribution is 6.02. The highest BCUT2D eigenvalue weighted by atomic mass is 16.6. The summed E-state index contributed by atoms with van der Waals surface area (Å²) < 4.78 is 10.8. The molecule has 0 heterocycles. The smallest absolute Gasteiger partial charge is 0.407 e. The van der Waals surface area contributed by atoms with Crippen molar-refractivity contribution in [1.82, 2.24) is 10.6 Å². The molecule has 2 aliphatic carbocycles. The third kappa shape index (κ3) is 11.2. The Labute approximate surface area is 277 Å². The topological polar surface area (TPSA) is 151 Å². The third-order valence-electron chi connectivity index (χ3n) is 9.29. The second-order valence-electron chi connectivity index (χ2n) is 14.3. The predicted molar refractivity (Wildman–Crippen MR) is 177 cm³/mol. The minimum atomic E-state index is -1.44. The fourth-order valence-electron chi connectivity index (χ4n) is 6.48. The van der Waals surface area contributed by atoms with Crippen molar-refractivity contribution >= 4 is 23.8 Å². The van der Waals surface area contributed by atoms with E-state index in [-0.39, 0.29) is 36.9 Å². The van der Waals surface area contributed by atoms with Crippen LogP contribution in [0.25, 0.3) is 0 Å². The van der Waals surface area contributed by atoms with Gasteiger partial charge < -0.3 is 30.3 Å². The largest absolute Gasteiger partial charge is 0.445 e. The van der Waals surface area contributed by atoms with Gasteiger partial charge in [0.05, 0.1) is 0 Å². The summed E-state index contributed by atoms with van der Waals surface area (Å²) in [7, 11) is 0. The van der Waals surface area contributed by atoms with E-state index >= 15 is 0 Å². The van der Waals surface area contributed by atoms with E-state index in [4.69, 9.17) is 9.47 Å². The van der Waals surface area contributed by atoms with E-state index in [1.54, 1.807) is 48.5 Å². The van der Waals surface area contributed by atoms with Crippen molar-refractivity contribution in [2.45, 2.75) is 122 Å². The first-order valence-corrected chi connectivity index (χ1v) is 16.8. The number of carbonyl (C=O) groups excluding carboxylic acids is 4. The van der Waals surface area contributed by atoms with Gasteiger partial charge in [-0.15, -0.1) is 0 Å². The first-order valence-electron chi connectivity index (χ1n) is 16.8. The standard InChI is InChI=1S/C37H50N2O8/c1-36(2,44)32(40)28-13-5-26(6-14-28)22-46-34(42)38-30-17-9-24(10-18-30)21-25-11-19-31(20-12-25)39-35(43)47-23-27-7-15-29(16-8-27)33(41)37(3,4)45/h5-8,13-16,24-25,30-31,44-45H,9-12,17-23H2,1-4H3,(H,38,42)(H,39,43). The van der Waals surface area contributed by atoms with Crippen LogP contribution in [0.5, 0.6) is 0 Å². The summed E-state index contributed by atoms with van der Waals surface area (Å²) in [5.41, 5.74) is -0.519. The Kier molecular flexibility index (Phi) is 12.2. The lowest BCUT2D eigenvalue weighted by molar-refractivity contribution is 0.0487. The second kappa shape index (κ2) is 15.9. The molecule has 0 aliphatic heterocycles. The molecule has 256 valence electrons. The third-order valence-corrected chi connectivity index (χ3v) is 9.29. The van der Waals surface area contributed by atoms with E-state index < -0.39 is 23.4 Å². The number of rotatable bonds is 12. The average molecular weight is 651 g/mol. The predicted octanol–water partition coefficient (Wildman–Crippen LogP) is 6.25. The summed E-state index contributed by atoms with van der Waals surface area (Å²) in [5, 5.41) is 25.8. The van der Waals surface area contributed by atoms with Crippen molar-refractivity contribution in [2.75, 3.05) is 0 Å². The normalized spacial score (nSPS) is 21.7. The molecular weight excluding hydrogens is 600 g/mol. The first-order chi connectivity index (χ1) is 22.2. The van der Waals surface area contributed by atoms with Gasteiger partial charge in [0.2, 0.25) is 0 Å². The van der Waals surface area contributed by atoms with Gasteiger partial charge in [0, 0.05) is 23.2 Å². The minimum Gasteiger partial charge on any atom is -0.445 e. The fraction of sp³-hybridized carbons (Fsp3) is 0.568. The van der Waals surface area contributed by atoms with Crippen molar-refractivity contribution < 1.29 is 38.9 Å². The SMILES string of the molecule is CC(C)(O)C(=O)c1ccc(COC(=O)NC2CCC(CC3CCC(NC(=O)OCc4ccc(C(=O)C(C)(C)O)cc4)CC3)CC2)cc1. The Hall–Kier alpha value is -3.76. The highest BCUT2D eigenvalue weighted by Gasteiger charge is 2.29. The molecule has 47 heavy (non-hydrogen) atoms. The van der Waals surface area contributed by atoms with Crippen molar-refractivity contribution in [3.8, 4) is 0 Å². The number of carbonyl (C=O) groups is 4. The van der Waals surface area contributed by atoms with Crippen molar-refractivity contribution in [3.63, 3.8) is 0 Å². The lowest BCUT2D eigenvalue weighted by Gasteiger charge is -2.34. The molecule has 0 saturated heterocycles. The number of aliphatic hydroxyl groups is 2. The molecule has 0 radical (unpaired) electrons. The zero-order chi connectivity index (χ0) is 34.2. The number of amides is 2. The van der Waals surface area contributed by atoms with Crippen LogP contribution in [0.15, 0.2) is 48.5 Å². The van der Waals surface area contributed by atoms with Crippen LogP contribution in [-0.2, 0) is 22.7 Å². The lowest BCUT2D eigenvalue weighted by atomic mass is 9.76. The molecule has 0 unspecified atom stereocenters. The summed E-state index contributed by atoms with van der Waals surface area (Å²) in [6.07, 6.45) is 8.27. The van der Waals surface area contributed by atoms with Crippen LogP contribution < -0.4 is 10.6 Å². The maximum atomic E-state index is 12.4. The van der Waals surface area contributed by atoms with Crippen LogP contribution in [0, 0.1) is 11.8 Å². The molecule has 2 aliphatic rings. The van der Waals surface area contributed by atoms with E-state index in [0.717, 1.165) is 62.5 Å². The Morgan fingerprint density at radius 3 is 1.21 bits per heavy atom. The van der Waals surface area contributed by atoms with Crippen LogP contribution in [0.3, 0.4) is 0 Å². The van der Waals surface area contributed by atoms with Crippen molar-refractivity contribution in [3.05, 3.63) is 70.8 Å². The molecule has 2 aromatic carbocycles. The fourth-order valence-corrected chi connectivity index (χ4v) is 6.48. The van der Waals surface area contributed by atoms with E-state index in [1.165, 1.54) is 34.1 Å². The molecule has 0 bridgehead atoms. The monoisotopic (exact) mass is 650 g/mol. The van der Waals surface area contributed by atoms with Crippen LogP contribution in [0.1, 0.15) is 117 Å². The van der Waals surface area contributed by atoms with Crippen molar-refractivity contribution in [1.29, 1.82) is 0 Å². The number of benzene rings is 2. The second-order valence-corrected chi connectivity index (χ2v) is 14.3. The van der Waals surface area contributed by atoms with Crippen molar-refractivity contribution in [2.24, 2.45) is 11.8 Å². The molecule has 0 spiro atoms. The maximum absolute atomic E-state index is 12.4. The molecule has 2 aromatic rings. The Bertz CT molecular complexity index is 1250. The summed E-state index contributed by atoms with van der Waals surface area (Å²) in [6, 6.07) is 13.6. The van der Waals surface area contributed by atoms with Gasteiger partial charge in [0.1, 0.15) is 24.4 Å². The number of alkyl carbamates (subject to hydrolysis) is 2. The highest BCUT2D eigenvalue weighted by Crippen LogP contribution is 2.35. The number of hydrogen-bond acceptors (Lipinski definition) is 8. The van der Waals surface area contributed by atoms with Gasteiger partial charge in [0.15, 0.2) is 11.6 Å². The van der Waals surface area contributed by atoms with Gasteiger partial charge >= 0.3 is 12.2 Å². The molecule has 0 aromatic heterocycles. The Morgan fingerprint density at radius 2 is 0.915 bits per heavy atom. The first kappa shape index (κ1) is 36.1. The quantitative estimate of drug-likeness (QED) is 0.197. The number of hydrogen-bond donors (Lipinski definition) is 4. The number of nitrogens with one attached hydrogen (secondary N) is 2. The minimum absolute atomic E-state index is 0.101. The number of Topliss-reactive ketones (excluding diaryl/α,β-unsaturated/α-hetero) is 2. The lowest BCUT2D eigenvalue weighted by Crippen LogP contribution is -2.39. The molecular formula is C37H50N2O8. The van der Waals surface area contributed by atoms with Crippen LogP contribution in [-0.4, -0.2) is 57.3 Å². The number of ether oxygens (including phenoxy) is 2.